The van der Waals surface area contributed by atoms with E-state index in [0.29, 0.717) is 12.8 Å². The number of carbonyl (C=O) groups is 1. The number of hydrogen-bond donors (Lipinski definition) is 5. The van der Waals surface area contributed by atoms with E-state index >= 15 is 0 Å². The van der Waals surface area contributed by atoms with Gasteiger partial charge in [-0.05, 0) is 26.7 Å². The summed E-state index contributed by atoms with van der Waals surface area (Å²) in [6, 6.07) is 0. The van der Waals surface area contributed by atoms with Crippen LogP contribution in [0.2, 0.25) is 0 Å². The molecule has 0 aromatic rings. The van der Waals surface area contributed by atoms with Gasteiger partial charge in [0.25, 0.3) is 0 Å². The smallest absolute Gasteiger partial charge is 0.309 e. The molecule has 1 saturated carbocycles. The molecule has 30 heavy (non-hydrogen) atoms. The third-order valence-electron chi connectivity index (χ3n) is 7.57. The molecule has 12 atom stereocenters. The highest BCUT2D eigenvalue weighted by atomic mass is 16.7. The molecule has 0 aromatic heterocycles. The number of esters is 1. The molecule has 0 radical (unpaired) electrons. The second kappa shape index (κ2) is 7.81. The SMILES string of the molecule is CC1=CC[C@@](C)(O)C2[C@@H](O[C@@H]3O[C@H](CO)[C@@H](O)[C@H](O)[C@H]3O)C[C@@H]3[C@@H](OC(=O)[C@@H]3C)[C@H]12. The van der Waals surface area contributed by atoms with Crippen molar-refractivity contribution in [3.05, 3.63) is 11.6 Å². The van der Waals surface area contributed by atoms with Gasteiger partial charge in [-0.2, -0.15) is 0 Å². The summed E-state index contributed by atoms with van der Waals surface area (Å²) >= 11 is 0. The Bertz CT molecular complexity index is 705. The fourth-order valence-electron chi connectivity index (χ4n) is 5.78. The summed E-state index contributed by atoms with van der Waals surface area (Å²) in [6.07, 6.45) is -5.07. The molecule has 0 spiro atoms. The normalized spacial score (nSPS) is 53.5. The van der Waals surface area contributed by atoms with Gasteiger partial charge in [0.15, 0.2) is 6.29 Å². The Balaban J connectivity index is 1.65. The molecule has 0 bridgehead atoms. The van der Waals surface area contributed by atoms with Gasteiger partial charge >= 0.3 is 5.97 Å². The van der Waals surface area contributed by atoms with Gasteiger partial charge in [0.05, 0.1) is 24.2 Å². The first-order valence-electron chi connectivity index (χ1n) is 10.6. The van der Waals surface area contributed by atoms with Crippen LogP contribution in [0.4, 0.5) is 0 Å². The Labute approximate surface area is 175 Å². The first kappa shape index (κ1) is 22.1. The lowest BCUT2D eigenvalue weighted by molar-refractivity contribution is -0.325. The largest absolute Gasteiger partial charge is 0.461 e. The van der Waals surface area contributed by atoms with E-state index in [1.165, 1.54) is 0 Å². The van der Waals surface area contributed by atoms with Crippen LogP contribution in [0.5, 0.6) is 0 Å². The van der Waals surface area contributed by atoms with Crippen molar-refractivity contribution in [3.63, 3.8) is 0 Å². The Morgan fingerprint density at radius 3 is 2.60 bits per heavy atom. The topological polar surface area (TPSA) is 146 Å². The van der Waals surface area contributed by atoms with Crippen molar-refractivity contribution in [3.8, 4) is 0 Å². The summed E-state index contributed by atoms with van der Waals surface area (Å²) in [4.78, 5) is 12.3. The van der Waals surface area contributed by atoms with E-state index < -0.39 is 54.9 Å². The fourth-order valence-corrected chi connectivity index (χ4v) is 5.78. The molecule has 4 aliphatic rings. The van der Waals surface area contributed by atoms with Gasteiger partial charge in [0, 0.05) is 17.8 Å². The van der Waals surface area contributed by atoms with Crippen molar-refractivity contribution in [1.82, 2.24) is 0 Å². The van der Waals surface area contributed by atoms with Gasteiger partial charge < -0.3 is 39.7 Å². The molecule has 3 fully saturated rings. The number of aliphatic hydroxyl groups excluding tert-OH is 4. The van der Waals surface area contributed by atoms with E-state index in [1.54, 1.807) is 6.92 Å². The summed E-state index contributed by atoms with van der Waals surface area (Å²) in [7, 11) is 0. The third-order valence-corrected chi connectivity index (χ3v) is 7.57. The van der Waals surface area contributed by atoms with Gasteiger partial charge in [-0.25, -0.2) is 0 Å². The van der Waals surface area contributed by atoms with Gasteiger partial charge in [0.1, 0.15) is 30.5 Å². The van der Waals surface area contributed by atoms with Crippen LogP contribution in [0.15, 0.2) is 11.6 Å². The van der Waals surface area contributed by atoms with Crippen molar-refractivity contribution in [2.45, 2.75) is 82.1 Å². The van der Waals surface area contributed by atoms with Gasteiger partial charge in [-0.3, -0.25) is 4.79 Å². The van der Waals surface area contributed by atoms with Crippen LogP contribution < -0.4 is 0 Å². The summed E-state index contributed by atoms with van der Waals surface area (Å²) in [5.41, 5.74) is -0.114. The number of aliphatic hydroxyl groups is 5. The van der Waals surface area contributed by atoms with Crippen molar-refractivity contribution in [2.24, 2.45) is 23.7 Å². The van der Waals surface area contributed by atoms with Crippen LogP contribution in [-0.4, -0.2) is 86.6 Å². The standard InChI is InChI=1S/C21H32O9/c1-8-4-5-21(3,27)14-11(6-10-9(2)19(26)30-18(10)13(8)14)28-20-17(25)16(24)15(23)12(7-22)29-20/h4,9-18,20,22-25,27H,5-7H2,1-3H3/t9-,10+,11+,12-,13-,14?,15-,16+,17-,18-,20-,21-/m1/s1. The quantitative estimate of drug-likeness (QED) is 0.285. The minimum atomic E-state index is -1.54. The lowest BCUT2D eigenvalue weighted by atomic mass is 9.58. The average molecular weight is 428 g/mol. The van der Waals surface area contributed by atoms with Crippen LogP contribution in [0.25, 0.3) is 0 Å². The number of fused-ring (bicyclic) bond motifs is 3. The molecule has 0 aromatic carbocycles. The monoisotopic (exact) mass is 428 g/mol. The maximum atomic E-state index is 12.3. The summed E-state index contributed by atoms with van der Waals surface area (Å²) in [5.74, 6) is -1.37. The van der Waals surface area contributed by atoms with Gasteiger partial charge in [-0.15, -0.1) is 0 Å². The fraction of sp³-hybridized carbons (Fsp3) is 0.857. The zero-order chi connectivity index (χ0) is 22.0. The number of ether oxygens (including phenoxy) is 3. The Hall–Kier alpha value is -1.07. The summed E-state index contributed by atoms with van der Waals surface area (Å²) < 4.78 is 17.4. The number of hydrogen-bond acceptors (Lipinski definition) is 9. The van der Waals surface area contributed by atoms with E-state index in [1.807, 2.05) is 19.9 Å². The number of rotatable bonds is 3. The molecule has 2 aliphatic carbocycles. The Morgan fingerprint density at radius 1 is 1.23 bits per heavy atom. The highest BCUT2D eigenvalue weighted by molar-refractivity contribution is 5.75. The zero-order valence-corrected chi connectivity index (χ0v) is 17.4. The van der Waals surface area contributed by atoms with Crippen molar-refractivity contribution >= 4 is 5.97 Å². The van der Waals surface area contributed by atoms with E-state index in [-0.39, 0.29) is 29.8 Å². The minimum absolute atomic E-state index is 0.120. The van der Waals surface area contributed by atoms with Crippen LogP contribution in [0.1, 0.15) is 33.6 Å². The predicted octanol–water partition coefficient (Wildman–Crippen LogP) is -0.914. The van der Waals surface area contributed by atoms with E-state index in [9.17, 15) is 30.3 Å². The Kier molecular flexibility index (Phi) is 5.76. The Morgan fingerprint density at radius 2 is 1.93 bits per heavy atom. The maximum absolute atomic E-state index is 12.3. The van der Waals surface area contributed by atoms with Crippen LogP contribution in [-0.2, 0) is 19.0 Å². The molecule has 2 saturated heterocycles. The third kappa shape index (κ3) is 3.40. The molecular formula is C21H32O9. The molecule has 4 rings (SSSR count). The van der Waals surface area contributed by atoms with Crippen molar-refractivity contribution in [1.29, 1.82) is 0 Å². The molecule has 2 aliphatic heterocycles. The highest BCUT2D eigenvalue weighted by Crippen LogP contribution is 2.54. The first-order valence-corrected chi connectivity index (χ1v) is 10.6. The molecule has 9 nitrogen and oxygen atoms in total. The van der Waals surface area contributed by atoms with Crippen LogP contribution >= 0.6 is 0 Å². The molecule has 1 unspecified atom stereocenters. The molecule has 170 valence electrons. The van der Waals surface area contributed by atoms with Crippen molar-refractivity contribution in [2.75, 3.05) is 6.61 Å². The minimum Gasteiger partial charge on any atom is -0.461 e. The number of carbonyl (C=O) groups excluding carboxylic acids is 1. The van der Waals surface area contributed by atoms with Crippen molar-refractivity contribution < 1.29 is 44.5 Å². The van der Waals surface area contributed by atoms with Crippen LogP contribution in [0.3, 0.4) is 0 Å². The summed E-state index contributed by atoms with van der Waals surface area (Å²) in [5, 5.41) is 51.2. The second-order valence-electron chi connectivity index (χ2n) is 9.52. The van der Waals surface area contributed by atoms with Gasteiger partial charge in [-0.1, -0.05) is 18.6 Å². The highest BCUT2D eigenvalue weighted by Gasteiger charge is 2.60. The zero-order valence-electron chi connectivity index (χ0n) is 17.4. The molecule has 0 amide bonds. The average Bonchev–Trinajstić information content (AvgIpc) is 2.98. The second-order valence-corrected chi connectivity index (χ2v) is 9.52. The lowest BCUT2D eigenvalue weighted by Crippen LogP contribution is -2.62. The summed E-state index contributed by atoms with van der Waals surface area (Å²) in [6.45, 7) is 4.94. The molecule has 5 N–H and O–H groups in total. The van der Waals surface area contributed by atoms with Gasteiger partial charge in [0.2, 0.25) is 0 Å². The maximum Gasteiger partial charge on any atom is 0.309 e. The van der Waals surface area contributed by atoms with E-state index in [4.69, 9.17) is 14.2 Å². The molecule has 9 heteroatoms. The molecular weight excluding hydrogens is 396 g/mol. The predicted molar refractivity (Wildman–Crippen MR) is 102 cm³/mol. The van der Waals surface area contributed by atoms with Crippen LogP contribution in [0, 0.1) is 23.7 Å². The van der Waals surface area contributed by atoms with E-state index in [0.717, 1.165) is 5.57 Å². The first-order chi connectivity index (χ1) is 14.1. The lowest BCUT2D eigenvalue weighted by Gasteiger charge is -2.53. The van der Waals surface area contributed by atoms with E-state index in [2.05, 4.69) is 0 Å². The molecule has 2 heterocycles.